The monoisotopic (exact) mass is 230 g/mol. The molecule has 1 atom stereocenters. The molecule has 0 saturated heterocycles. The van der Waals surface area contributed by atoms with E-state index in [0.29, 0.717) is 6.42 Å². The van der Waals surface area contributed by atoms with Crippen LogP contribution in [-0.2, 0) is 14.4 Å². The second-order valence-electron chi connectivity index (χ2n) is 3.67. The van der Waals surface area contributed by atoms with Crippen LogP contribution in [0, 0.1) is 0 Å². The van der Waals surface area contributed by atoms with Gasteiger partial charge in [0.15, 0.2) is 0 Å². The number of nitrogens with zero attached hydrogens (tertiary/aromatic N) is 1. The fourth-order valence-electron chi connectivity index (χ4n) is 1.54. The first kappa shape index (κ1) is 14.4. The highest BCUT2D eigenvalue weighted by molar-refractivity contribution is 5.89. The van der Waals surface area contributed by atoms with E-state index in [-0.39, 0.29) is 6.42 Å². The van der Waals surface area contributed by atoms with Crippen LogP contribution in [0.5, 0.6) is 0 Å². The van der Waals surface area contributed by atoms with Crippen LogP contribution in [0.4, 0.5) is 0 Å². The Morgan fingerprint density at radius 3 is 2.06 bits per heavy atom. The van der Waals surface area contributed by atoms with Gasteiger partial charge in [0.2, 0.25) is 17.5 Å². The first-order valence-electron chi connectivity index (χ1n) is 5.04. The van der Waals surface area contributed by atoms with E-state index < -0.39 is 23.4 Å². The summed E-state index contributed by atoms with van der Waals surface area (Å²) in [4.78, 5) is 34.6. The Kier molecular flexibility index (Phi) is 4.94. The molecule has 92 valence electrons. The molecule has 0 aliphatic heterocycles. The van der Waals surface area contributed by atoms with Gasteiger partial charge in [-0.2, -0.15) is 0 Å². The lowest BCUT2D eigenvalue weighted by molar-refractivity contribution is -0.162. The van der Waals surface area contributed by atoms with Crippen LogP contribution < -0.4 is 5.32 Å². The van der Waals surface area contributed by atoms with Gasteiger partial charge in [0.25, 0.3) is 0 Å². The largest absolute Gasteiger partial charge is 0.478 e. The standard InChI is InChI=1S/C10H18N2O4/c1-5-6-10(9(15)16,11-7(2)13)12(4)8(3)14/h5-6H2,1-4H3,(H,11,13)(H,15,16). The number of amides is 2. The SMILES string of the molecule is CCCC(NC(C)=O)(C(=O)O)N(C)C(C)=O. The van der Waals surface area contributed by atoms with Crippen molar-refractivity contribution in [3.8, 4) is 0 Å². The topological polar surface area (TPSA) is 86.7 Å². The summed E-state index contributed by atoms with van der Waals surface area (Å²) < 4.78 is 0. The molecule has 16 heavy (non-hydrogen) atoms. The number of carboxylic acid groups (broad SMARTS) is 1. The predicted octanol–water partition coefficient (Wildman–Crippen LogP) is 0.182. The number of rotatable bonds is 5. The molecule has 0 rings (SSSR count). The van der Waals surface area contributed by atoms with Gasteiger partial charge >= 0.3 is 5.97 Å². The lowest BCUT2D eigenvalue weighted by Gasteiger charge is -2.37. The van der Waals surface area contributed by atoms with Crippen LogP contribution in [0.25, 0.3) is 0 Å². The molecule has 0 aliphatic rings. The summed E-state index contributed by atoms with van der Waals surface area (Å²) in [5, 5.41) is 11.6. The predicted molar refractivity (Wildman–Crippen MR) is 57.5 cm³/mol. The van der Waals surface area contributed by atoms with Crippen molar-refractivity contribution in [2.24, 2.45) is 0 Å². The second kappa shape index (κ2) is 5.48. The smallest absolute Gasteiger partial charge is 0.350 e. The van der Waals surface area contributed by atoms with E-state index in [9.17, 15) is 19.5 Å². The first-order valence-corrected chi connectivity index (χ1v) is 5.04. The number of aliphatic carboxylic acids is 1. The Labute approximate surface area is 94.6 Å². The number of carbonyl (C=O) groups excluding carboxylic acids is 2. The molecule has 2 amide bonds. The van der Waals surface area contributed by atoms with Crippen LogP contribution in [0.2, 0.25) is 0 Å². The molecule has 0 saturated carbocycles. The van der Waals surface area contributed by atoms with E-state index in [4.69, 9.17) is 0 Å². The van der Waals surface area contributed by atoms with E-state index >= 15 is 0 Å². The van der Waals surface area contributed by atoms with Crippen molar-refractivity contribution in [1.82, 2.24) is 10.2 Å². The Bertz CT molecular complexity index is 303. The number of carboxylic acids is 1. The molecule has 1 unspecified atom stereocenters. The molecule has 0 fully saturated rings. The first-order chi connectivity index (χ1) is 7.27. The summed E-state index contributed by atoms with van der Waals surface area (Å²) in [6.45, 7) is 4.27. The summed E-state index contributed by atoms with van der Waals surface area (Å²) in [6, 6.07) is 0. The molecular formula is C10H18N2O4. The summed E-state index contributed by atoms with van der Waals surface area (Å²) >= 11 is 0. The van der Waals surface area contributed by atoms with Crippen LogP contribution in [-0.4, -0.2) is 40.5 Å². The summed E-state index contributed by atoms with van der Waals surface area (Å²) in [5.74, 6) is -2.13. The van der Waals surface area contributed by atoms with Crippen molar-refractivity contribution < 1.29 is 19.5 Å². The minimum absolute atomic E-state index is 0.165. The Morgan fingerprint density at radius 2 is 1.81 bits per heavy atom. The molecule has 6 nitrogen and oxygen atoms in total. The maximum atomic E-state index is 11.3. The molecule has 0 radical (unpaired) electrons. The highest BCUT2D eigenvalue weighted by Crippen LogP contribution is 2.18. The van der Waals surface area contributed by atoms with Gasteiger partial charge in [-0.25, -0.2) is 4.79 Å². The van der Waals surface area contributed by atoms with Gasteiger partial charge < -0.3 is 15.3 Å². The minimum atomic E-state index is -1.65. The lowest BCUT2D eigenvalue weighted by atomic mass is 10.0. The van der Waals surface area contributed by atoms with Crippen LogP contribution in [0.3, 0.4) is 0 Å². The number of hydrogen-bond donors (Lipinski definition) is 2. The van der Waals surface area contributed by atoms with Crippen LogP contribution in [0.15, 0.2) is 0 Å². The van der Waals surface area contributed by atoms with Crippen molar-refractivity contribution in [2.45, 2.75) is 39.3 Å². The maximum Gasteiger partial charge on any atom is 0.350 e. The average molecular weight is 230 g/mol. The third-order valence-electron chi connectivity index (χ3n) is 2.39. The van der Waals surface area contributed by atoms with Gasteiger partial charge in [-0.1, -0.05) is 13.3 Å². The van der Waals surface area contributed by atoms with Crippen LogP contribution in [0.1, 0.15) is 33.6 Å². The van der Waals surface area contributed by atoms with E-state index in [1.54, 1.807) is 6.92 Å². The molecule has 0 heterocycles. The number of hydrogen-bond acceptors (Lipinski definition) is 3. The summed E-state index contributed by atoms with van der Waals surface area (Å²) in [7, 11) is 1.36. The molecule has 0 aromatic heterocycles. The normalized spacial score (nSPS) is 13.8. The van der Waals surface area contributed by atoms with Crippen molar-refractivity contribution in [2.75, 3.05) is 7.05 Å². The molecule has 0 spiro atoms. The Morgan fingerprint density at radius 1 is 1.31 bits per heavy atom. The molecule has 0 aromatic rings. The fraction of sp³-hybridized carbons (Fsp3) is 0.700. The van der Waals surface area contributed by atoms with Crippen LogP contribution >= 0.6 is 0 Å². The molecule has 0 aliphatic carbocycles. The quantitative estimate of drug-likeness (QED) is 0.660. The van der Waals surface area contributed by atoms with E-state index in [1.165, 1.54) is 20.9 Å². The maximum absolute atomic E-state index is 11.3. The zero-order chi connectivity index (χ0) is 12.9. The minimum Gasteiger partial charge on any atom is -0.478 e. The molecular weight excluding hydrogens is 212 g/mol. The highest BCUT2D eigenvalue weighted by Gasteiger charge is 2.44. The third-order valence-corrected chi connectivity index (χ3v) is 2.39. The molecule has 0 aromatic carbocycles. The summed E-state index contributed by atoms with van der Waals surface area (Å²) in [5.41, 5.74) is -1.65. The van der Waals surface area contributed by atoms with Crippen molar-refractivity contribution in [3.63, 3.8) is 0 Å². The number of carbonyl (C=O) groups is 3. The van der Waals surface area contributed by atoms with Crippen molar-refractivity contribution in [3.05, 3.63) is 0 Å². The molecule has 2 N–H and O–H groups in total. The van der Waals surface area contributed by atoms with Gasteiger partial charge in [-0.05, 0) is 0 Å². The van der Waals surface area contributed by atoms with Crippen molar-refractivity contribution in [1.29, 1.82) is 0 Å². The average Bonchev–Trinajstić information content (AvgIpc) is 2.14. The summed E-state index contributed by atoms with van der Waals surface area (Å²) in [6.07, 6.45) is 0.697. The van der Waals surface area contributed by atoms with E-state index in [1.807, 2.05) is 0 Å². The van der Waals surface area contributed by atoms with Gasteiger partial charge in [0, 0.05) is 27.3 Å². The zero-order valence-electron chi connectivity index (χ0n) is 10.0. The van der Waals surface area contributed by atoms with Crippen molar-refractivity contribution >= 4 is 17.8 Å². The highest BCUT2D eigenvalue weighted by atomic mass is 16.4. The third kappa shape index (κ3) is 2.95. The molecule has 0 bridgehead atoms. The zero-order valence-corrected chi connectivity index (χ0v) is 10.0. The van der Waals surface area contributed by atoms with Gasteiger partial charge in [0.1, 0.15) is 0 Å². The number of likely N-dealkylation sites (N-methyl/N-ethyl adjacent to an activating group) is 1. The Balaban J connectivity index is 5.31. The van der Waals surface area contributed by atoms with E-state index in [0.717, 1.165) is 4.90 Å². The Hall–Kier alpha value is -1.59. The lowest BCUT2D eigenvalue weighted by Crippen LogP contribution is -2.65. The second-order valence-corrected chi connectivity index (χ2v) is 3.67. The fourth-order valence-corrected chi connectivity index (χ4v) is 1.54. The van der Waals surface area contributed by atoms with Gasteiger partial charge in [-0.15, -0.1) is 0 Å². The number of nitrogens with one attached hydrogen (secondary N) is 1. The van der Waals surface area contributed by atoms with E-state index in [2.05, 4.69) is 5.32 Å². The van der Waals surface area contributed by atoms with Gasteiger partial charge in [0.05, 0.1) is 0 Å². The van der Waals surface area contributed by atoms with Gasteiger partial charge in [-0.3, -0.25) is 9.59 Å². The molecule has 6 heteroatoms.